The molecule has 0 spiro atoms. The van der Waals surface area contributed by atoms with Crippen molar-refractivity contribution in [2.75, 3.05) is 6.61 Å². The minimum atomic E-state index is -0.174. The maximum absolute atomic E-state index is 12.0. The Morgan fingerprint density at radius 2 is 1.86 bits per heavy atom. The SMILES string of the molecule is CCc1ccc(OCC(=O)NC(C)c2ccccc2Cl)cc1. The maximum atomic E-state index is 12.0. The van der Waals surface area contributed by atoms with Crippen molar-refractivity contribution in [3.05, 3.63) is 64.7 Å². The monoisotopic (exact) mass is 317 g/mol. The summed E-state index contributed by atoms with van der Waals surface area (Å²) < 4.78 is 5.49. The Hall–Kier alpha value is -2.00. The highest BCUT2D eigenvalue weighted by molar-refractivity contribution is 6.31. The summed E-state index contributed by atoms with van der Waals surface area (Å²) in [4.78, 5) is 12.0. The zero-order chi connectivity index (χ0) is 15.9. The first-order chi connectivity index (χ1) is 10.6. The summed E-state index contributed by atoms with van der Waals surface area (Å²) in [6.07, 6.45) is 0.982. The summed E-state index contributed by atoms with van der Waals surface area (Å²) in [5, 5.41) is 3.53. The molecule has 0 aliphatic heterocycles. The third kappa shape index (κ3) is 4.50. The molecule has 2 aromatic carbocycles. The summed E-state index contributed by atoms with van der Waals surface area (Å²) in [7, 11) is 0. The molecule has 0 bridgehead atoms. The van der Waals surface area contributed by atoms with E-state index in [1.54, 1.807) is 0 Å². The van der Waals surface area contributed by atoms with E-state index in [-0.39, 0.29) is 18.6 Å². The molecule has 0 aliphatic carbocycles. The molecule has 116 valence electrons. The number of benzene rings is 2. The maximum Gasteiger partial charge on any atom is 0.258 e. The van der Waals surface area contributed by atoms with Gasteiger partial charge in [-0.3, -0.25) is 4.79 Å². The van der Waals surface area contributed by atoms with Gasteiger partial charge in [-0.15, -0.1) is 0 Å². The quantitative estimate of drug-likeness (QED) is 0.868. The third-order valence-electron chi connectivity index (χ3n) is 3.45. The van der Waals surface area contributed by atoms with Crippen molar-refractivity contribution in [2.24, 2.45) is 0 Å². The van der Waals surface area contributed by atoms with Crippen LogP contribution in [0.25, 0.3) is 0 Å². The number of hydrogen-bond acceptors (Lipinski definition) is 2. The van der Waals surface area contributed by atoms with E-state index < -0.39 is 0 Å². The number of carbonyl (C=O) groups excluding carboxylic acids is 1. The van der Waals surface area contributed by atoms with Gasteiger partial charge >= 0.3 is 0 Å². The van der Waals surface area contributed by atoms with Crippen LogP contribution < -0.4 is 10.1 Å². The van der Waals surface area contributed by atoms with E-state index in [1.165, 1.54) is 5.56 Å². The van der Waals surface area contributed by atoms with Crippen LogP contribution in [0.5, 0.6) is 5.75 Å². The highest BCUT2D eigenvalue weighted by Gasteiger charge is 2.12. The summed E-state index contributed by atoms with van der Waals surface area (Å²) in [5.41, 5.74) is 2.13. The number of hydrogen-bond donors (Lipinski definition) is 1. The second kappa shape index (κ2) is 7.85. The lowest BCUT2D eigenvalue weighted by atomic mass is 10.1. The molecule has 1 atom stereocenters. The first kappa shape index (κ1) is 16.4. The number of nitrogens with one attached hydrogen (secondary N) is 1. The Morgan fingerprint density at radius 3 is 2.50 bits per heavy atom. The molecule has 1 unspecified atom stereocenters. The van der Waals surface area contributed by atoms with Gasteiger partial charge in [0.1, 0.15) is 5.75 Å². The normalized spacial score (nSPS) is 11.8. The minimum Gasteiger partial charge on any atom is -0.484 e. The summed E-state index contributed by atoms with van der Waals surface area (Å²) >= 11 is 6.12. The van der Waals surface area contributed by atoms with Crippen LogP contribution in [0, 0.1) is 0 Å². The van der Waals surface area contributed by atoms with Crippen molar-refractivity contribution in [2.45, 2.75) is 26.3 Å². The van der Waals surface area contributed by atoms with Crippen LogP contribution in [0.4, 0.5) is 0 Å². The van der Waals surface area contributed by atoms with Gasteiger partial charge in [0.2, 0.25) is 0 Å². The van der Waals surface area contributed by atoms with E-state index in [4.69, 9.17) is 16.3 Å². The number of carbonyl (C=O) groups is 1. The second-order valence-electron chi connectivity index (χ2n) is 5.10. The van der Waals surface area contributed by atoms with Gasteiger partial charge in [0.15, 0.2) is 6.61 Å². The Kier molecular flexibility index (Phi) is 5.84. The van der Waals surface area contributed by atoms with Crippen molar-refractivity contribution in [1.82, 2.24) is 5.32 Å². The largest absolute Gasteiger partial charge is 0.484 e. The molecule has 1 N–H and O–H groups in total. The Labute approximate surface area is 136 Å². The molecule has 0 aromatic heterocycles. The zero-order valence-corrected chi connectivity index (χ0v) is 13.6. The van der Waals surface area contributed by atoms with Gasteiger partial charge < -0.3 is 10.1 Å². The zero-order valence-electron chi connectivity index (χ0n) is 12.8. The molecule has 0 fully saturated rings. The molecule has 0 aliphatic rings. The highest BCUT2D eigenvalue weighted by Crippen LogP contribution is 2.22. The standard InChI is InChI=1S/C18H20ClNO2/c1-3-14-8-10-15(11-9-14)22-12-18(21)20-13(2)16-6-4-5-7-17(16)19/h4-11,13H,3,12H2,1-2H3,(H,20,21). The van der Waals surface area contributed by atoms with E-state index >= 15 is 0 Å². The fourth-order valence-electron chi connectivity index (χ4n) is 2.16. The van der Waals surface area contributed by atoms with E-state index in [0.717, 1.165) is 12.0 Å². The van der Waals surface area contributed by atoms with Gasteiger partial charge in [-0.2, -0.15) is 0 Å². The molecule has 4 heteroatoms. The van der Waals surface area contributed by atoms with E-state index in [1.807, 2.05) is 55.5 Å². The van der Waals surface area contributed by atoms with Crippen LogP contribution >= 0.6 is 11.6 Å². The van der Waals surface area contributed by atoms with Crippen LogP contribution in [0.2, 0.25) is 5.02 Å². The molecular weight excluding hydrogens is 298 g/mol. The van der Waals surface area contributed by atoms with Gasteiger partial charge in [0.25, 0.3) is 5.91 Å². The predicted octanol–water partition coefficient (Wildman–Crippen LogP) is 4.16. The first-order valence-corrected chi connectivity index (χ1v) is 7.73. The number of ether oxygens (including phenoxy) is 1. The van der Waals surface area contributed by atoms with Gasteiger partial charge in [-0.05, 0) is 42.7 Å². The molecule has 0 heterocycles. The predicted molar refractivity (Wildman–Crippen MR) is 89.3 cm³/mol. The molecule has 0 saturated carbocycles. The van der Waals surface area contributed by atoms with Crippen molar-refractivity contribution >= 4 is 17.5 Å². The number of amides is 1. The smallest absolute Gasteiger partial charge is 0.258 e. The van der Waals surface area contributed by atoms with Gasteiger partial charge in [0.05, 0.1) is 6.04 Å². The Bertz CT molecular complexity index is 625. The van der Waals surface area contributed by atoms with Crippen LogP contribution in [0.3, 0.4) is 0 Å². The Morgan fingerprint density at radius 1 is 1.18 bits per heavy atom. The van der Waals surface area contributed by atoms with Crippen LogP contribution in [-0.4, -0.2) is 12.5 Å². The molecular formula is C18H20ClNO2. The molecule has 0 saturated heterocycles. The molecule has 2 aromatic rings. The van der Waals surface area contributed by atoms with Crippen molar-refractivity contribution < 1.29 is 9.53 Å². The van der Waals surface area contributed by atoms with Gasteiger partial charge in [-0.25, -0.2) is 0 Å². The van der Waals surface area contributed by atoms with Crippen LogP contribution in [0.1, 0.15) is 31.0 Å². The summed E-state index contributed by atoms with van der Waals surface area (Å²) in [5.74, 6) is 0.518. The molecule has 1 amide bonds. The fraction of sp³-hybridized carbons (Fsp3) is 0.278. The van der Waals surface area contributed by atoms with Crippen LogP contribution in [0.15, 0.2) is 48.5 Å². The summed E-state index contributed by atoms with van der Waals surface area (Å²) in [6, 6.07) is 15.1. The van der Waals surface area contributed by atoms with E-state index in [2.05, 4.69) is 12.2 Å². The minimum absolute atomic E-state index is 0.0136. The average molecular weight is 318 g/mol. The lowest BCUT2D eigenvalue weighted by Gasteiger charge is -2.16. The topological polar surface area (TPSA) is 38.3 Å². The first-order valence-electron chi connectivity index (χ1n) is 7.35. The van der Waals surface area contributed by atoms with Crippen molar-refractivity contribution in [3.8, 4) is 5.75 Å². The lowest BCUT2D eigenvalue weighted by molar-refractivity contribution is -0.123. The van der Waals surface area contributed by atoms with Crippen molar-refractivity contribution in [3.63, 3.8) is 0 Å². The van der Waals surface area contributed by atoms with Gasteiger partial charge in [0, 0.05) is 5.02 Å². The van der Waals surface area contributed by atoms with E-state index in [0.29, 0.717) is 10.8 Å². The number of halogens is 1. The third-order valence-corrected chi connectivity index (χ3v) is 3.79. The average Bonchev–Trinajstić information content (AvgIpc) is 2.53. The molecule has 2 rings (SSSR count). The highest BCUT2D eigenvalue weighted by atomic mass is 35.5. The van der Waals surface area contributed by atoms with Crippen molar-refractivity contribution in [1.29, 1.82) is 0 Å². The number of rotatable bonds is 6. The molecule has 22 heavy (non-hydrogen) atoms. The van der Waals surface area contributed by atoms with E-state index in [9.17, 15) is 4.79 Å². The van der Waals surface area contributed by atoms with Crippen LogP contribution in [-0.2, 0) is 11.2 Å². The molecule has 3 nitrogen and oxygen atoms in total. The summed E-state index contributed by atoms with van der Waals surface area (Å²) in [6.45, 7) is 3.98. The number of aryl methyl sites for hydroxylation is 1. The van der Waals surface area contributed by atoms with Gasteiger partial charge in [-0.1, -0.05) is 48.9 Å². The lowest BCUT2D eigenvalue weighted by Crippen LogP contribution is -2.31. The molecule has 0 radical (unpaired) electrons. The fourth-order valence-corrected chi connectivity index (χ4v) is 2.46. The second-order valence-corrected chi connectivity index (χ2v) is 5.50. The Balaban J connectivity index is 1.86.